The van der Waals surface area contributed by atoms with Crippen LogP contribution in [0.3, 0.4) is 0 Å². The minimum atomic E-state index is -0.330. The van der Waals surface area contributed by atoms with Gasteiger partial charge < -0.3 is 5.73 Å². The van der Waals surface area contributed by atoms with Crippen LogP contribution in [-0.2, 0) is 0 Å². The zero-order valence-electron chi connectivity index (χ0n) is 10.7. The number of aromatic nitrogens is 1. The molecule has 3 rings (SSSR count). The predicted molar refractivity (Wildman–Crippen MR) is 73.3 cm³/mol. The molecule has 0 bridgehead atoms. The number of hydrogen-bond acceptors (Lipinski definition) is 2. The first kappa shape index (κ1) is 12.3. The molecule has 2 aromatic rings. The largest absolute Gasteiger partial charge is 0.319 e. The Hall–Kier alpha value is -1.74. The molecule has 19 heavy (non-hydrogen) atoms. The molecule has 1 aliphatic carbocycles. The fourth-order valence-electron chi connectivity index (χ4n) is 2.62. The Bertz CT molecular complexity index is 561. The van der Waals surface area contributed by atoms with Crippen LogP contribution in [0, 0.1) is 5.82 Å². The summed E-state index contributed by atoms with van der Waals surface area (Å²) >= 11 is 0. The number of rotatable bonds is 3. The number of pyridine rings is 1. The Morgan fingerprint density at radius 2 is 1.95 bits per heavy atom. The summed E-state index contributed by atoms with van der Waals surface area (Å²) in [6.07, 6.45) is 4.99. The second-order valence-corrected chi connectivity index (χ2v) is 5.14. The van der Waals surface area contributed by atoms with Gasteiger partial charge in [0.1, 0.15) is 5.82 Å². The van der Waals surface area contributed by atoms with E-state index in [2.05, 4.69) is 23.2 Å². The maximum absolute atomic E-state index is 12.9. The highest BCUT2D eigenvalue weighted by Crippen LogP contribution is 2.39. The van der Waals surface area contributed by atoms with Gasteiger partial charge in [-0.1, -0.05) is 30.7 Å². The van der Waals surface area contributed by atoms with Gasteiger partial charge in [-0.05, 0) is 42.0 Å². The van der Waals surface area contributed by atoms with Crippen molar-refractivity contribution < 1.29 is 4.39 Å². The molecular formula is C16H17FN2. The Kier molecular flexibility index (Phi) is 3.30. The van der Waals surface area contributed by atoms with Crippen molar-refractivity contribution in [2.45, 2.75) is 31.2 Å². The predicted octanol–water partition coefficient (Wildman–Crippen LogP) is 3.54. The molecule has 1 aromatic heterocycles. The van der Waals surface area contributed by atoms with E-state index in [1.807, 2.05) is 6.07 Å². The molecule has 3 heteroatoms. The van der Waals surface area contributed by atoms with Gasteiger partial charge in [-0.15, -0.1) is 0 Å². The molecule has 1 atom stereocenters. The molecule has 2 N–H and O–H groups in total. The molecule has 1 aliphatic rings. The number of benzene rings is 1. The lowest BCUT2D eigenvalue weighted by atomic mass is 9.77. The smallest absolute Gasteiger partial charge is 0.141 e. The Labute approximate surface area is 112 Å². The Morgan fingerprint density at radius 3 is 2.58 bits per heavy atom. The fraction of sp³-hybridized carbons (Fsp3) is 0.312. The first-order chi connectivity index (χ1) is 9.25. The van der Waals surface area contributed by atoms with Crippen LogP contribution in [-0.4, -0.2) is 4.98 Å². The van der Waals surface area contributed by atoms with Crippen molar-refractivity contribution in [3.63, 3.8) is 0 Å². The highest BCUT2D eigenvalue weighted by Gasteiger charge is 2.24. The molecule has 0 radical (unpaired) electrons. The maximum Gasteiger partial charge on any atom is 0.141 e. The van der Waals surface area contributed by atoms with Crippen molar-refractivity contribution >= 4 is 0 Å². The average Bonchev–Trinajstić information content (AvgIpc) is 2.37. The molecule has 1 heterocycles. The minimum Gasteiger partial charge on any atom is -0.319 e. The summed E-state index contributed by atoms with van der Waals surface area (Å²) in [4.78, 5) is 4.10. The second kappa shape index (κ2) is 5.10. The topological polar surface area (TPSA) is 38.9 Å². The van der Waals surface area contributed by atoms with E-state index in [9.17, 15) is 4.39 Å². The van der Waals surface area contributed by atoms with Gasteiger partial charge in [0.15, 0.2) is 0 Å². The second-order valence-electron chi connectivity index (χ2n) is 5.14. The molecule has 2 nitrogen and oxygen atoms in total. The fourth-order valence-corrected chi connectivity index (χ4v) is 2.62. The van der Waals surface area contributed by atoms with Crippen LogP contribution in [0.5, 0.6) is 0 Å². The number of nitrogens with zero attached hydrogens (tertiary/aromatic N) is 1. The quantitative estimate of drug-likeness (QED) is 0.912. The van der Waals surface area contributed by atoms with Gasteiger partial charge in [0.05, 0.1) is 17.9 Å². The zero-order valence-corrected chi connectivity index (χ0v) is 10.7. The van der Waals surface area contributed by atoms with Crippen LogP contribution in [0.4, 0.5) is 4.39 Å². The van der Waals surface area contributed by atoms with Gasteiger partial charge in [0.25, 0.3) is 0 Å². The van der Waals surface area contributed by atoms with Crippen molar-refractivity contribution in [1.82, 2.24) is 4.98 Å². The summed E-state index contributed by atoms with van der Waals surface area (Å²) in [5.41, 5.74) is 9.46. The first-order valence-electron chi connectivity index (χ1n) is 6.71. The van der Waals surface area contributed by atoms with Crippen molar-refractivity contribution in [3.05, 3.63) is 65.2 Å². The SMILES string of the molecule is NC(c1ccc(F)cn1)c1ccccc1C1CCC1. The molecule has 1 aromatic carbocycles. The van der Waals surface area contributed by atoms with E-state index < -0.39 is 0 Å². The van der Waals surface area contributed by atoms with Crippen molar-refractivity contribution in [2.24, 2.45) is 5.73 Å². The standard InChI is InChI=1S/C16H17FN2/c17-12-8-9-15(19-10-12)16(18)14-7-2-1-6-13(14)11-4-3-5-11/h1-2,6-11,16H,3-5,18H2. The lowest BCUT2D eigenvalue weighted by Crippen LogP contribution is -2.19. The highest BCUT2D eigenvalue weighted by atomic mass is 19.1. The van der Waals surface area contributed by atoms with Crippen LogP contribution in [0.15, 0.2) is 42.6 Å². The first-order valence-corrected chi connectivity index (χ1v) is 6.71. The molecule has 0 spiro atoms. The number of nitrogens with two attached hydrogens (primary N) is 1. The van der Waals surface area contributed by atoms with Crippen LogP contribution < -0.4 is 5.73 Å². The van der Waals surface area contributed by atoms with E-state index in [1.54, 1.807) is 6.07 Å². The third-order valence-corrected chi connectivity index (χ3v) is 3.94. The lowest BCUT2D eigenvalue weighted by molar-refractivity contribution is 0.416. The van der Waals surface area contributed by atoms with Crippen LogP contribution in [0.2, 0.25) is 0 Å². The summed E-state index contributed by atoms with van der Waals surface area (Å²) in [7, 11) is 0. The molecular weight excluding hydrogens is 239 g/mol. The molecule has 1 fully saturated rings. The monoisotopic (exact) mass is 256 g/mol. The summed E-state index contributed by atoms with van der Waals surface area (Å²) in [5.74, 6) is 0.297. The average molecular weight is 256 g/mol. The third-order valence-electron chi connectivity index (χ3n) is 3.94. The van der Waals surface area contributed by atoms with E-state index in [0.717, 1.165) is 5.56 Å². The van der Waals surface area contributed by atoms with Gasteiger partial charge in [-0.25, -0.2) is 4.39 Å². The van der Waals surface area contributed by atoms with Crippen LogP contribution in [0.1, 0.15) is 48.0 Å². The van der Waals surface area contributed by atoms with Crippen molar-refractivity contribution in [2.75, 3.05) is 0 Å². The number of halogens is 1. The Morgan fingerprint density at radius 1 is 1.16 bits per heavy atom. The van der Waals surface area contributed by atoms with Gasteiger partial charge >= 0.3 is 0 Å². The molecule has 0 aliphatic heterocycles. The van der Waals surface area contributed by atoms with E-state index in [-0.39, 0.29) is 11.9 Å². The molecule has 1 saturated carbocycles. The zero-order chi connectivity index (χ0) is 13.2. The van der Waals surface area contributed by atoms with E-state index in [0.29, 0.717) is 11.6 Å². The van der Waals surface area contributed by atoms with Crippen molar-refractivity contribution in [1.29, 1.82) is 0 Å². The maximum atomic E-state index is 12.9. The van der Waals surface area contributed by atoms with E-state index in [4.69, 9.17) is 5.73 Å². The van der Waals surface area contributed by atoms with Gasteiger partial charge in [0.2, 0.25) is 0 Å². The van der Waals surface area contributed by atoms with Crippen molar-refractivity contribution in [3.8, 4) is 0 Å². The Balaban J connectivity index is 1.94. The molecule has 1 unspecified atom stereocenters. The third kappa shape index (κ3) is 2.38. The molecule has 0 saturated heterocycles. The van der Waals surface area contributed by atoms with Gasteiger partial charge in [-0.3, -0.25) is 4.98 Å². The van der Waals surface area contributed by atoms with E-state index in [1.165, 1.54) is 37.1 Å². The van der Waals surface area contributed by atoms with Gasteiger partial charge in [-0.2, -0.15) is 0 Å². The summed E-state index contributed by atoms with van der Waals surface area (Å²) < 4.78 is 12.9. The lowest BCUT2D eigenvalue weighted by Gasteiger charge is -2.29. The minimum absolute atomic E-state index is 0.280. The van der Waals surface area contributed by atoms with E-state index >= 15 is 0 Å². The summed E-state index contributed by atoms with van der Waals surface area (Å²) in [5, 5.41) is 0. The van der Waals surface area contributed by atoms with Crippen LogP contribution >= 0.6 is 0 Å². The molecule has 98 valence electrons. The van der Waals surface area contributed by atoms with Crippen LogP contribution in [0.25, 0.3) is 0 Å². The normalized spacial score (nSPS) is 16.9. The number of hydrogen-bond donors (Lipinski definition) is 1. The summed E-state index contributed by atoms with van der Waals surface area (Å²) in [6.45, 7) is 0. The highest BCUT2D eigenvalue weighted by molar-refractivity contribution is 5.37. The molecule has 0 amide bonds. The van der Waals surface area contributed by atoms with Gasteiger partial charge in [0, 0.05) is 0 Å². The summed E-state index contributed by atoms with van der Waals surface area (Å²) in [6, 6.07) is 11.1.